The minimum Gasteiger partial charge on any atom is -0.497 e. The zero-order valence-corrected chi connectivity index (χ0v) is 10.4. The predicted octanol–water partition coefficient (Wildman–Crippen LogP) is -0.564. The lowest BCUT2D eigenvalue weighted by Gasteiger charge is -2.12. The van der Waals surface area contributed by atoms with Crippen LogP contribution in [0.3, 0.4) is 0 Å². The number of benzene rings is 1. The van der Waals surface area contributed by atoms with Gasteiger partial charge in [0, 0.05) is 24.4 Å². The van der Waals surface area contributed by atoms with Gasteiger partial charge >= 0.3 is 0 Å². The van der Waals surface area contributed by atoms with Crippen LogP contribution in [0.4, 0.5) is 5.69 Å². The number of tetrazole rings is 1. The van der Waals surface area contributed by atoms with E-state index < -0.39 is 6.10 Å². The van der Waals surface area contributed by atoms with Crippen molar-refractivity contribution in [2.24, 2.45) is 0 Å². The number of nitrogens with one attached hydrogen (secondary N) is 1. The Balaban J connectivity index is 2.21. The van der Waals surface area contributed by atoms with Crippen LogP contribution in [-0.4, -0.2) is 56.8 Å². The molecule has 1 aromatic carbocycles. The number of aliphatic hydroxyl groups excluding tert-OH is 2. The van der Waals surface area contributed by atoms with Crippen LogP contribution >= 0.6 is 0 Å². The Bertz CT molecular complexity index is 517. The SMILES string of the molecule is COc1cc(NCC(O)CO)cc(-n2cnnn2)c1. The van der Waals surface area contributed by atoms with Crippen molar-refractivity contribution in [3.63, 3.8) is 0 Å². The van der Waals surface area contributed by atoms with Crippen molar-refractivity contribution in [3.05, 3.63) is 24.5 Å². The zero-order valence-electron chi connectivity index (χ0n) is 10.4. The predicted molar refractivity (Wildman–Crippen MR) is 67.3 cm³/mol. The molecule has 1 atom stereocenters. The standard InChI is InChI=1S/C11H15N5O3/c1-19-11-3-8(12-5-10(18)6-17)2-9(4-11)16-7-13-14-15-16/h2-4,7,10,12,17-18H,5-6H2,1H3. The summed E-state index contributed by atoms with van der Waals surface area (Å²) in [5.41, 5.74) is 1.46. The number of aliphatic hydroxyl groups is 2. The van der Waals surface area contributed by atoms with E-state index >= 15 is 0 Å². The number of aromatic nitrogens is 4. The summed E-state index contributed by atoms with van der Waals surface area (Å²) in [6.45, 7) is -0.0600. The van der Waals surface area contributed by atoms with Gasteiger partial charge < -0.3 is 20.3 Å². The molecule has 102 valence electrons. The third-order valence-electron chi connectivity index (χ3n) is 2.49. The van der Waals surface area contributed by atoms with Gasteiger partial charge in [-0.05, 0) is 16.5 Å². The Kier molecular flexibility index (Phi) is 4.26. The van der Waals surface area contributed by atoms with Crippen LogP contribution < -0.4 is 10.1 Å². The molecule has 19 heavy (non-hydrogen) atoms. The highest BCUT2D eigenvalue weighted by Gasteiger charge is 2.06. The summed E-state index contributed by atoms with van der Waals surface area (Å²) < 4.78 is 6.69. The summed E-state index contributed by atoms with van der Waals surface area (Å²) in [7, 11) is 1.56. The van der Waals surface area contributed by atoms with Gasteiger partial charge in [-0.25, -0.2) is 4.68 Å². The van der Waals surface area contributed by atoms with Gasteiger partial charge in [-0.1, -0.05) is 0 Å². The first-order valence-electron chi connectivity index (χ1n) is 5.68. The van der Waals surface area contributed by atoms with Gasteiger partial charge in [0.2, 0.25) is 0 Å². The molecule has 8 heteroatoms. The van der Waals surface area contributed by atoms with Gasteiger partial charge in [0.1, 0.15) is 12.1 Å². The van der Waals surface area contributed by atoms with Crippen molar-refractivity contribution in [3.8, 4) is 11.4 Å². The van der Waals surface area contributed by atoms with E-state index in [1.165, 1.54) is 11.0 Å². The molecule has 0 aliphatic rings. The topological polar surface area (TPSA) is 105 Å². The number of hydrogen-bond acceptors (Lipinski definition) is 7. The van der Waals surface area contributed by atoms with E-state index in [9.17, 15) is 5.11 Å². The fourth-order valence-electron chi connectivity index (χ4n) is 1.52. The van der Waals surface area contributed by atoms with E-state index in [1.54, 1.807) is 19.2 Å². The van der Waals surface area contributed by atoms with Crippen LogP contribution in [0.5, 0.6) is 5.75 Å². The minimum absolute atomic E-state index is 0.235. The first-order valence-corrected chi connectivity index (χ1v) is 5.68. The maximum absolute atomic E-state index is 9.32. The highest BCUT2D eigenvalue weighted by molar-refractivity contribution is 5.56. The lowest BCUT2D eigenvalue weighted by molar-refractivity contribution is 0.105. The molecule has 1 heterocycles. The second kappa shape index (κ2) is 6.12. The highest BCUT2D eigenvalue weighted by atomic mass is 16.5. The third kappa shape index (κ3) is 3.39. The molecule has 2 aromatic rings. The molecule has 0 spiro atoms. The second-order valence-electron chi connectivity index (χ2n) is 3.89. The molecule has 0 saturated heterocycles. The molecule has 1 aromatic heterocycles. The van der Waals surface area contributed by atoms with E-state index in [2.05, 4.69) is 20.8 Å². The van der Waals surface area contributed by atoms with Crippen LogP contribution in [0.1, 0.15) is 0 Å². The Hall–Kier alpha value is -2.19. The summed E-state index contributed by atoms with van der Waals surface area (Å²) in [5.74, 6) is 0.633. The van der Waals surface area contributed by atoms with Crippen molar-refractivity contribution in [1.29, 1.82) is 0 Å². The van der Waals surface area contributed by atoms with E-state index in [0.29, 0.717) is 5.75 Å². The average molecular weight is 265 g/mol. The van der Waals surface area contributed by atoms with Crippen LogP contribution in [0.15, 0.2) is 24.5 Å². The normalized spacial score (nSPS) is 12.2. The van der Waals surface area contributed by atoms with E-state index in [-0.39, 0.29) is 13.2 Å². The number of anilines is 1. The summed E-state index contributed by atoms with van der Waals surface area (Å²) in [6, 6.07) is 5.37. The number of nitrogens with zero attached hydrogens (tertiary/aromatic N) is 4. The van der Waals surface area contributed by atoms with Gasteiger partial charge in [-0.3, -0.25) is 0 Å². The molecule has 0 aliphatic carbocycles. The van der Waals surface area contributed by atoms with Crippen LogP contribution in [0, 0.1) is 0 Å². The summed E-state index contributed by atoms with van der Waals surface area (Å²) in [4.78, 5) is 0. The van der Waals surface area contributed by atoms with Gasteiger partial charge in [-0.15, -0.1) is 5.10 Å². The Morgan fingerprint density at radius 1 is 1.42 bits per heavy atom. The van der Waals surface area contributed by atoms with E-state index in [1.807, 2.05) is 6.07 Å². The average Bonchev–Trinajstić information content (AvgIpc) is 2.98. The zero-order chi connectivity index (χ0) is 13.7. The van der Waals surface area contributed by atoms with E-state index in [0.717, 1.165) is 11.4 Å². The second-order valence-corrected chi connectivity index (χ2v) is 3.89. The molecule has 0 radical (unpaired) electrons. The van der Waals surface area contributed by atoms with Crippen molar-refractivity contribution in [1.82, 2.24) is 20.2 Å². The van der Waals surface area contributed by atoms with Crippen molar-refractivity contribution in [2.75, 3.05) is 25.6 Å². The molecule has 8 nitrogen and oxygen atoms in total. The Labute approximate surface area is 109 Å². The first-order chi connectivity index (χ1) is 9.22. The summed E-state index contributed by atoms with van der Waals surface area (Å²) >= 11 is 0. The van der Waals surface area contributed by atoms with Gasteiger partial charge in [0.25, 0.3) is 0 Å². The smallest absolute Gasteiger partial charge is 0.143 e. The summed E-state index contributed by atoms with van der Waals surface area (Å²) in [6.07, 6.45) is 0.656. The molecule has 2 rings (SSSR count). The van der Waals surface area contributed by atoms with Crippen molar-refractivity contribution in [2.45, 2.75) is 6.10 Å². The van der Waals surface area contributed by atoms with Crippen LogP contribution in [0.2, 0.25) is 0 Å². The molecule has 1 unspecified atom stereocenters. The monoisotopic (exact) mass is 265 g/mol. The molecule has 0 bridgehead atoms. The maximum Gasteiger partial charge on any atom is 0.143 e. The van der Waals surface area contributed by atoms with Gasteiger partial charge in [0.05, 0.1) is 25.5 Å². The Morgan fingerprint density at radius 3 is 2.89 bits per heavy atom. The van der Waals surface area contributed by atoms with Gasteiger partial charge in [-0.2, -0.15) is 0 Å². The number of ether oxygens (including phenoxy) is 1. The van der Waals surface area contributed by atoms with Crippen molar-refractivity contribution >= 4 is 5.69 Å². The highest BCUT2D eigenvalue weighted by Crippen LogP contribution is 2.22. The molecule has 0 saturated carbocycles. The van der Waals surface area contributed by atoms with Crippen LogP contribution in [-0.2, 0) is 0 Å². The molecule has 0 aliphatic heterocycles. The lowest BCUT2D eigenvalue weighted by atomic mass is 10.2. The quantitative estimate of drug-likeness (QED) is 0.642. The Morgan fingerprint density at radius 2 is 2.26 bits per heavy atom. The van der Waals surface area contributed by atoms with Crippen LogP contribution in [0.25, 0.3) is 5.69 Å². The van der Waals surface area contributed by atoms with E-state index in [4.69, 9.17) is 9.84 Å². The molecule has 0 amide bonds. The largest absolute Gasteiger partial charge is 0.497 e. The molecular formula is C11H15N5O3. The first kappa shape index (κ1) is 13.2. The fraction of sp³-hybridized carbons (Fsp3) is 0.364. The number of hydrogen-bond donors (Lipinski definition) is 3. The molecular weight excluding hydrogens is 250 g/mol. The molecule has 0 fully saturated rings. The fourth-order valence-corrected chi connectivity index (χ4v) is 1.52. The van der Waals surface area contributed by atoms with Gasteiger partial charge in [0.15, 0.2) is 0 Å². The third-order valence-corrected chi connectivity index (χ3v) is 2.49. The van der Waals surface area contributed by atoms with Crippen molar-refractivity contribution < 1.29 is 14.9 Å². The number of rotatable bonds is 6. The summed E-state index contributed by atoms with van der Waals surface area (Å²) in [5, 5.41) is 32.0. The maximum atomic E-state index is 9.32. The lowest BCUT2D eigenvalue weighted by Crippen LogP contribution is -2.23. The number of methoxy groups -OCH3 is 1. The molecule has 3 N–H and O–H groups in total. The minimum atomic E-state index is -0.817.